The molecule has 4 N–H and O–H groups in total. The van der Waals surface area contributed by atoms with E-state index >= 15 is 0 Å². The molecule has 4 rings (SSSR count). The minimum atomic E-state index is -0.589. The second-order valence-electron chi connectivity index (χ2n) is 7.38. The molecule has 0 radical (unpaired) electrons. The van der Waals surface area contributed by atoms with E-state index in [1.807, 2.05) is 29.1 Å². The topological polar surface area (TPSA) is 122 Å². The summed E-state index contributed by atoms with van der Waals surface area (Å²) in [7, 11) is 0. The molecule has 0 bridgehead atoms. The minimum Gasteiger partial charge on any atom is -0.378 e. The van der Waals surface area contributed by atoms with E-state index in [1.165, 1.54) is 0 Å². The Morgan fingerprint density at radius 1 is 1.28 bits per heavy atom. The Morgan fingerprint density at radius 2 is 2.14 bits per heavy atom. The Labute approximate surface area is 168 Å². The third kappa shape index (κ3) is 4.00. The second kappa shape index (κ2) is 8.04. The van der Waals surface area contributed by atoms with Crippen LogP contribution in [0.5, 0.6) is 0 Å². The second-order valence-corrected chi connectivity index (χ2v) is 7.38. The molecule has 2 aliphatic rings. The number of imide groups is 1. The maximum Gasteiger partial charge on any atom is 0.255 e. The monoisotopic (exact) mass is 396 g/mol. The molecule has 1 fully saturated rings. The molecule has 0 aliphatic carbocycles. The standard InChI is InChI=1S/C20H24N6O3/c21-6-1-7-25-12-15(10-23-25)22-9-13-2-3-14-11-26(20(29)16(14)8-13)17-4-5-18(27)24-19(17)28/h2-3,8,10,12,17,22H,1,4-7,9,11,21H2,(H,24,27,28). The summed E-state index contributed by atoms with van der Waals surface area (Å²) in [4.78, 5) is 37.9. The van der Waals surface area contributed by atoms with E-state index in [0.29, 0.717) is 31.6 Å². The largest absolute Gasteiger partial charge is 0.378 e. The number of aryl methyl sites for hydroxylation is 1. The van der Waals surface area contributed by atoms with Crippen LogP contribution in [0.15, 0.2) is 30.6 Å². The first-order valence-electron chi connectivity index (χ1n) is 9.78. The number of carbonyl (C=O) groups is 3. The number of nitrogens with one attached hydrogen (secondary N) is 2. The van der Waals surface area contributed by atoms with E-state index in [-0.39, 0.29) is 18.2 Å². The highest BCUT2D eigenvalue weighted by Crippen LogP contribution is 2.28. The average molecular weight is 396 g/mol. The predicted molar refractivity (Wildman–Crippen MR) is 106 cm³/mol. The number of nitrogens with zero attached hydrogens (tertiary/aromatic N) is 3. The van der Waals surface area contributed by atoms with Gasteiger partial charge in [-0.3, -0.25) is 24.4 Å². The summed E-state index contributed by atoms with van der Waals surface area (Å²) in [5, 5.41) is 9.92. The van der Waals surface area contributed by atoms with E-state index in [1.54, 1.807) is 11.1 Å². The predicted octanol–water partition coefficient (Wildman–Crippen LogP) is 0.605. The summed E-state index contributed by atoms with van der Waals surface area (Å²) in [6.45, 7) is 2.35. The van der Waals surface area contributed by atoms with Gasteiger partial charge in [-0.15, -0.1) is 0 Å². The summed E-state index contributed by atoms with van der Waals surface area (Å²) in [6, 6.07) is 5.19. The third-order valence-corrected chi connectivity index (χ3v) is 5.31. The third-order valence-electron chi connectivity index (χ3n) is 5.31. The molecule has 1 aromatic carbocycles. The van der Waals surface area contributed by atoms with Gasteiger partial charge >= 0.3 is 0 Å². The summed E-state index contributed by atoms with van der Waals surface area (Å²) >= 11 is 0. The highest BCUT2D eigenvalue weighted by molar-refractivity contribution is 6.05. The fourth-order valence-electron chi connectivity index (χ4n) is 3.75. The zero-order chi connectivity index (χ0) is 20.4. The van der Waals surface area contributed by atoms with Crippen LogP contribution in [0.1, 0.15) is 40.7 Å². The van der Waals surface area contributed by atoms with E-state index < -0.39 is 11.9 Å². The zero-order valence-electron chi connectivity index (χ0n) is 16.1. The van der Waals surface area contributed by atoms with Crippen molar-refractivity contribution in [1.82, 2.24) is 20.0 Å². The van der Waals surface area contributed by atoms with Gasteiger partial charge in [0.1, 0.15) is 6.04 Å². The molecule has 2 aliphatic heterocycles. The van der Waals surface area contributed by atoms with Gasteiger partial charge in [0.05, 0.1) is 11.9 Å². The van der Waals surface area contributed by atoms with E-state index in [2.05, 4.69) is 15.7 Å². The van der Waals surface area contributed by atoms with Crippen LogP contribution in [0.25, 0.3) is 0 Å². The number of hydrogen-bond donors (Lipinski definition) is 3. The van der Waals surface area contributed by atoms with Crippen molar-refractivity contribution in [2.24, 2.45) is 5.73 Å². The van der Waals surface area contributed by atoms with Crippen LogP contribution in [-0.4, -0.2) is 45.0 Å². The molecule has 9 heteroatoms. The SMILES string of the molecule is NCCCn1cc(NCc2ccc3c(c2)C(=O)N(C2CCC(=O)NC2=O)C3)cn1. The molecule has 152 valence electrons. The molecule has 3 amide bonds. The maximum absolute atomic E-state index is 12.9. The first kappa shape index (κ1) is 19.1. The van der Waals surface area contributed by atoms with Gasteiger partial charge in [-0.2, -0.15) is 5.10 Å². The van der Waals surface area contributed by atoms with Crippen LogP contribution in [0.3, 0.4) is 0 Å². The Morgan fingerprint density at radius 3 is 2.93 bits per heavy atom. The molecule has 2 aromatic rings. The van der Waals surface area contributed by atoms with Gasteiger partial charge in [0.2, 0.25) is 11.8 Å². The number of amides is 3. The highest BCUT2D eigenvalue weighted by Gasteiger charge is 2.39. The lowest BCUT2D eigenvalue weighted by Crippen LogP contribution is -2.52. The normalized spacial score (nSPS) is 18.7. The number of nitrogens with two attached hydrogens (primary N) is 1. The molecule has 3 heterocycles. The number of hydrogen-bond acceptors (Lipinski definition) is 6. The van der Waals surface area contributed by atoms with Crippen molar-refractivity contribution in [2.45, 2.75) is 44.9 Å². The first-order chi connectivity index (χ1) is 14.0. The Kier molecular flexibility index (Phi) is 5.30. The summed E-state index contributed by atoms with van der Waals surface area (Å²) in [5.74, 6) is -0.836. The van der Waals surface area contributed by atoms with Gasteiger partial charge < -0.3 is 16.0 Å². The van der Waals surface area contributed by atoms with Crippen LogP contribution in [0.2, 0.25) is 0 Å². The Balaban J connectivity index is 1.41. The van der Waals surface area contributed by atoms with Crippen molar-refractivity contribution < 1.29 is 14.4 Å². The average Bonchev–Trinajstić information content (AvgIpc) is 3.29. The van der Waals surface area contributed by atoms with Gasteiger partial charge in [0.25, 0.3) is 5.91 Å². The smallest absolute Gasteiger partial charge is 0.255 e. The first-order valence-corrected chi connectivity index (χ1v) is 9.78. The Bertz CT molecular complexity index is 953. The summed E-state index contributed by atoms with van der Waals surface area (Å²) in [6.07, 6.45) is 5.19. The van der Waals surface area contributed by atoms with E-state index in [0.717, 1.165) is 29.8 Å². The maximum atomic E-state index is 12.9. The van der Waals surface area contributed by atoms with Gasteiger partial charge in [-0.1, -0.05) is 12.1 Å². The lowest BCUT2D eigenvalue weighted by molar-refractivity contribution is -0.136. The molecule has 9 nitrogen and oxygen atoms in total. The van der Waals surface area contributed by atoms with Crippen molar-refractivity contribution in [2.75, 3.05) is 11.9 Å². The highest BCUT2D eigenvalue weighted by atomic mass is 16.2. The molecule has 1 aromatic heterocycles. The van der Waals surface area contributed by atoms with Crippen LogP contribution < -0.4 is 16.4 Å². The number of fused-ring (bicyclic) bond motifs is 1. The molecule has 1 atom stereocenters. The van der Waals surface area contributed by atoms with Gasteiger partial charge in [-0.25, -0.2) is 0 Å². The van der Waals surface area contributed by atoms with E-state index in [9.17, 15) is 14.4 Å². The molecule has 1 saturated heterocycles. The molecule has 1 unspecified atom stereocenters. The van der Waals surface area contributed by atoms with Crippen LogP contribution >= 0.6 is 0 Å². The fraction of sp³-hybridized carbons (Fsp3) is 0.400. The van der Waals surface area contributed by atoms with Crippen LogP contribution in [-0.2, 0) is 29.2 Å². The summed E-state index contributed by atoms with van der Waals surface area (Å²) < 4.78 is 1.85. The van der Waals surface area contributed by atoms with Crippen molar-refractivity contribution in [3.63, 3.8) is 0 Å². The van der Waals surface area contributed by atoms with Gasteiger partial charge in [0.15, 0.2) is 0 Å². The van der Waals surface area contributed by atoms with Crippen molar-refractivity contribution in [1.29, 1.82) is 0 Å². The quantitative estimate of drug-likeness (QED) is 0.589. The van der Waals surface area contributed by atoms with Gasteiger partial charge in [-0.05, 0) is 36.6 Å². The number of rotatable bonds is 7. The van der Waals surface area contributed by atoms with Gasteiger partial charge in [0, 0.05) is 37.8 Å². The van der Waals surface area contributed by atoms with Crippen molar-refractivity contribution in [3.05, 3.63) is 47.3 Å². The number of anilines is 1. The number of piperidine rings is 1. The lowest BCUT2D eigenvalue weighted by atomic mass is 10.0. The molecule has 0 spiro atoms. The van der Waals surface area contributed by atoms with Crippen molar-refractivity contribution in [3.8, 4) is 0 Å². The van der Waals surface area contributed by atoms with Crippen molar-refractivity contribution >= 4 is 23.4 Å². The zero-order valence-corrected chi connectivity index (χ0v) is 16.1. The number of aromatic nitrogens is 2. The number of benzene rings is 1. The molecular weight excluding hydrogens is 372 g/mol. The molecule has 29 heavy (non-hydrogen) atoms. The summed E-state index contributed by atoms with van der Waals surface area (Å²) in [5.41, 5.74) is 8.91. The number of carbonyl (C=O) groups excluding carboxylic acids is 3. The van der Waals surface area contributed by atoms with Crippen LogP contribution in [0.4, 0.5) is 5.69 Å². The lowest BCUT2D eigenvalue weighted by Gasteiger charge is -2.29. The molecule has 0 saturated carbocycles. The van der Waals surface area contributed by atoms with E-state index in [4.69, 9.17) is 5.73 Å². The Hall–Kier alpha value is -3.20. The molecular formula is C20H24N6O3. The van der Waals surface area contributed by atoms with Crippen LogP contribution in [0, 0.1) is 0 Å². The fourth-order valence-corrected chi connectivity index (χ4v) is 3.75. The minimum absolute atomic E-state index is 0.161.